The smallest absolute Gasteiger partial charge is 0.350 e. The maximum atomic E-state index is 13.3. The Morgan fingerprint density at radius 3 is 2.11 bits per heavy atom. The second-order valence-electron chi connectivity index (χ2n) is 9.15. The fourth-order valence-electron chi connectivity index (χ4n) is 4.85. The number of aliphatic carboxylic acids is 1. The van der Waals surface area contributed by atoms with E-state index in [0.29, 0.717) is 31.9 Å². The minimum Gasteiger partial charge on any atom is -0.480 e. The van der Waals surface area contributed by atoms with Crippen LogP contribution in [-0.4, -0.2) is 56.5 Å². The number of carbonyl (C=O) groups is 1. The highest BCUT2D eigenvalue weighted by Crippen LogP contribution is 2.25. The number of halogens is 1. The van der Waals surface area contributed by atoms with Crippen molar-refractivity contribution in [1.82, 2.24) is 19.2 Å². The van der Waals surface area contributed by atoms with Gasteiger partial charge in [-0.1, -0.05) is 42.5 Å². The van der Waals surface area contributed by atoms with Gasteiger partial charge in [-0.3, -0.25) is 9.69 Å². The van der Waals surface area contributed by atoms with E-state index in [0.717, 1.165) is 16.8 Å². The molecule has 1 aliphatic heterocycles. The molecule has 0 radical (unpaired) electrons. The summed E-state index contributed by atoms with van der Waals surface area (Å²) in [6, 6.07) is 22.0. The molecule has 0 bridgehead atoms. The Balaban J connectivity index is 1.27. The van der Waals surface area contributed by atoms with Gasteiger partial charge in [-0.25, -0.2) is 18.4 Å². The third-order valence-corrected chi connectivity index (χ3v) is 6.93. The van der Waals surface area contributed by atoms with Gasteiger partial charge in [0, 0.05) is 31.9 Å². The zero-order valence-corrected chi connectivity index (χ0v) is 20.4. The van der Waals surface area contributed by atoms with E-state index in [1.165, 1.54) is 27.7 Å². The average Bonchev–Trinajstić information content (AvgIpc) is 3.31. The van der Waals surface area contributed by atoms with Crippen molar-refractivity contribution in [2.75, 3.05) is 31.1 Å². The molecule has 0 aliphatic carbocycles. The number of carboxylic acid groups (broad SMARTS) is 1. The Hall–Kier alpha value is -4.24. The number of benzene rings is 3. The number of nitrogens with zero attached hydrogens (tertiary/aromatic N) is 5. The van der Waals surface area contributed by atoms with Crippen LogP contribution in [0.1, 0.15) is 30.1 Å². The molecule has 8 nitrogen and oxygen atoms in total. The van der Waals surface area contributed by atoms with Gasteiger partial charge in [0.2, 0.25) is 0 Å². The van der Waals surface area contributed by atoms with Crippen LogP contribution in [0.2, 0.25) is 0 Å². The van der Waals surface area contributed by atoms with Gasteiger partial charge in [0.1, 0.15) is 18.2 Å². The summed E-state index contributed by atoms with van der Waals surface area (Å²) in [5, 5.41) is 14.1. The largest absolute Gasteiger partial charge is 0.480 e. The van der Waals surface area contributed by atoms with E-state index in [4.69, 9.17) is 0 Å². The first-order valence-electron chi connectivity index (χ1n) is 12.2. The summed E-state index contributed by atoms with van der Waals surface area (Å²) in [6.45, 7) is 4.50. The number of piperazine rings is 1. The fourth-order valence-corrected chi connectivity index (χ4v) is 4.85. The number of rotatable bonds is 7. The van der Waals surface area contributed by atoms with Crippen LogP contribution in [0.5, 0.6) is 0 Å². The topological polar surface area (TPSA) is 83.6 Å². The van der Waals surface area contributed by atoms with E-state index in [9.17, 15) is 19.1 Å². The van der Waals surface area contributed by atoms with Crippen molar-refractivity contribution >= 4 is 11.7 Å². The van der Waals surface area contributed by atoms with Crippen LogP contribution in [0.15, 0.2) is 90.0 Å². The summed E-state index contributed by atoms with van der Waals surface area (Å²) >= 11 is 0. The Kier molecular flexibility index (Phi) is 6.87. The number of carboxylic acids is 1. The summed E-state index contributed by atoms with van der Waals surface area (Å²) in [5.74, 6) is -1.17. The summed E-state index contributed by atoms with van der Waals surface area (Å²) in [7, 11) is 0. The first kappa shape index (κ1) is 24.5. The molecule has 9 heteroatoms. The Morgan fingerprint density at radius 2 is 1.49 bits per heavy atom. The van der Waals surface area contributed by atoms with Crippen LogP contribution in [0, 0.1) is 5.82 Å². The molecule has 2 heterocycles. The van der Waals surface area contributed by atoms with Gasteiger partial charge in [-0.05, 0) is 54.4 Å². The molecule has 4 aromatic rings. The molecule has 0 unspecified atom stereocenters. The molecule has 190 valence electrons. The van der Waals surface area contributed by atoms with Gasteiger partial charge in [-0.15, -0.1) is 0 Å². The summed E-state index contributed by atoms with van der Waals surface area (Å²) in [4.78, 5) is 29.2. The molecular weight excluding hydrogens is 473 g/mol. The highest BCUT2D eigenvalue weighted by atomic mass is 19.1. The molecule has 37 heavy (non-hydrogen) atoms. The van der Waals surface area contributed by atoms with Crippen molar-refractivity contribution in [3.8, 4) is 5.69 Å². The van der Waals surface area contributed by atoms with Crippen molar-refractivity contribution in [3.05, 3.63) is 113 Å². The number of hydrogen-bond donors (Lipinski definition) is 1. The Bertz CT molecular complexity index is 1410. The van der Waals surface area contributed by atoms with E-state index in [-0.39, 0.29) is 17.5 Å². The highest BCUT2D eigenvalue weighted by molar-refractivity contribution is 5.75. The van der Waals surface area contributed by atoms with Crippen molar-refractivity contribution in [1.29, 1.82) is 0 Å². The van der Waals surface area contributed by atoms with Gasteiger partial charge >= 0.3 is 11.7 Å². The quantitative estimate of drug-likeness (QED) is 0.416. The molecule has 0 spiro atoms. The maximum absolute atomic E-state index is 13.3. The predicted octanol–water partition coefficient (Wildman–Crippen LogP) is 3.73. The van der Waals surface area contributed by atoms with Gasteiger partial charge in [0.25, 0.3) is 0 Å². The molecule has 1 aliphatic rings. The van der Waals surface area contributed by atoms with E-state index in [1.807, 2.05) is 66.4 Å². The minimum absolute atomic E-state index is 0.279. The molecule has 5 rings (SSSR count). The monoisotopic (exact) mass is 501 g/mol. The van der Waals surface area contributed by atoms with Crippen LogP contribution < -0.4 is 10.6 Å². The van der Waals surface area contributed by atoms with E-state index in [2.05, 4.69) is 10.00 Å². The van der Waals surface area contributed by atoms with Gasteiger partial charge in [-0.2, -0.15) is 5.10 Å². The molecule has 0 saturated carbocycles. The van der Waals surface area contributed by atoms with Crippen LogP contribution in [0.25, 0.3) is 5.69 Å². The molecular formula is C28H28FN5O3. The number of aromatic nitrogens is 3. The fraction of sp³-hybridized carbons (Fsp3) is 0.250. The van der Waals surface area contributed by atoms with E-state index >= 15 is 0 Å². The third kappa shape index (κ3) is 5.03. The van der Waals surface area contributed by atoms with Gasteiger partial charge < -0.3 is 10.0 Å². The lowest BCUT2D eigenvalue weighted by atomic mass is 10.0. The first-order chi connectivity index (χ1) is 17.9. The van der Waals surface area contributed by atoms with Crippen molar-refractivity contribution in [2.45, 2.75) is 19.0 Å². The van der Waals surface area contributed by atoms with Crippen LogP contribution >= 0.6 is 0 Å². The number of anilines is 1. The van der Waals surface area contributed by atoms with E-state index < -0.39 is 12.0 Å². The van der Waals surface area contributed by atoms with Crippen molar-refractivity contribution in [2.24, 2.45) is 0 Å². The number of hydrogen-bond acceptors (Lipinski definition) is 5. The molecule has 1 saturated heterocycles. The average molecular weight is 502 g/mol. The highest BCUT2D eigenvalue weighted by Gasteiger charge is 2.30. The molecule has 1 fully saturated rings. The molecule has 1 N–H and O–H groups in total. The Labute approximate surface area is 213 Å². The zero-order chi connectivity index (χ0) is 25.9. The SMILES string of the molecule is C[C@@H](c1ccc(F)cc1)n1ncn(-c2ccc(N3CCN([C@H](C(=O)O)c4ccccc4)CC3)cc2)c1=O. The second-order valence-corrected chi connectivity index (χ2v) is 9.15. The normalized spacial score (nSPS) is 15.9. The lowest BCUT2D eigenvalue weighted by molar-refractivity contribution is -0.143. The predicted molar refractivity (Wildman–Crippen MR) is 139 cm³/mol. The summed E-state index contributed by atoms with van der Waals surface area (Å²) in [5.41, 5.74) is 3.00. The maximum Gasteiger partial charge on any atom is 0.350 e. The standard InChI is InChI=1S/C28H28FN5O3/c1-20(21-7-9-23(29)10-8-21)34-28(37)33(19-30-34)25-13-11-24(12-14-25)31-15-17-32(18-16-31)26(27(35)36)22-5-3-2-4-6-22/h2-14,19-20,26H,15-18H2,1H3,(H,35,36)/t20-,26-/m0/s1. The van der Waals surface area contributed by atoms with Gasteiger partial charge in [0.05, 0.1) is 11.7 Å². The summed E-state index contributed by atoms with van der Waals surface area (Å²) in [6.07, 6.45) is 1.49. The van der Waals surface area contributed by atoms with Crippen molar-refractivity contribution < 1.29 is 14.3 Å². The van der Waals surface area contributed by atoms with Crippen LogP contribution in [0.4, 0.5) is 10.1 Å². The second kappa shape index (κ2) is 10.4. The first-order valence-corrected chi connectivity index (χ1v) is 12.2. The van der Waals surface area contributed by atoms with Gasteiger partial charge in [0.15, 0.2) is 0 Å². The molecule has 0 amide bonds. The Morgan fingerprint density at radius 1 is 0.865 bits per heavy atom. The van der Waals surface area contributed by atoms with Crippen LogP contribution in [0.3, 0.4) is 0 Å². The van der Waals surface area contributed by atoms with E-state index in [1.54, 1.807) is 12.1 Å². The van der Waals surface area contributed by atoms with Crippen molar-refractivity contribution in [3.63, 3.8) is 0 Å². The molecule has 3 aromatic carbocycles. The molecule has 2 atom stereocenters. The lowest BCUT2D eigenvalue weighted by Gasteiger charge is -2.39. The minimum atomic E-state index is -0.844. The van der Waals surface area contributed by atoms with Crippen LogP contribution in [-0.2, 0) is 4.79 Å². The molecule has 1 aromatic heterocycles. The third-order valence-electron chi connectivity index (χ3n) is 6.93. The zero-order valence-electron chi connectivity index (χ0n) is 20.4. The lowest BCUT2D eigenvalue weighted by Crippen LogP contribution is -2.49. The summed E-state index contributed by atoms with van der Waals surface area (Å²) < 4.78 is 16.1.